The molecule has 0 bridgehead atoms. The molecule has 2 unspecified atom stereocenters. The predicted molar refractivity (Wildman–Crippen MR) is 79.6 cm³/mol. The molecule has 20 heavy (non-hydrogen) atoms. The second-order valence-corrected chi connectivity index (χ2v) is 6.20. The van der Waals surface area contributed by atoms with Crippen molar-refractivity contribution in [3.05, 3.63) is 21.6 Å². The molecule has 1 saturated carbocycles. The van der Waals surface area contributed by atoms with Crippen LogP contribution in [0.5, 0.6) is 5.75 Å². The average Bonchev–Trinajstić information content (AvgIpc) is 2.33. The molecule has 0 saturated heterocycles. The zero-order chi connectivity index (χ0) is 14.7. The van der Waals surface area contributed by atoms with Crippen molar-refractivity contribution in [3.8, 4) is 5.75 Å². The van der Waals surface area contributed by atoms with E-state index in [9.17, 15) is 8.78 Å². The lowest BCUT2D eigenvalue weighted by molar-refractivity contribution is -0.0499. The number of anilines is 1. The molecule has 2 atom stereocenters. The van der Waals surface area contributed by atoms with Crippen molar-refractivity contribution >= 4 is 33.2 Å². The molecule has 2 rings (SSSR count). The van der Waals surface area contributed by atoms with Crippen LogP contribution in [-0.2, 0) is 0 Å². The summed E-state index contributed by atoms with van der Waals surface area (Å²) < 4.78 is 30.0. The number of ether oxygens (including phenoxy) is 1. The molecule has 7 heteroatoms. The number of alkyl halides is 2. The van der Waals surface area contributed by atoms with Crippen LogP contribution in [0, 0.1) is 0 Å². The van der Waals surface area contributed by atoms with Crippen molar-refractivity contribution in [1.29, 1.82) is 0 Å². The summed E-state index contributed by atoms with van der Waals surface area (Å²) in [5.74, 6) is 0.0727. The average molecular weight is 370 g/mol. The van der Waals surface area contributed by atoms with E-state index >= 15 is 0 Å². The van der Waals surface area contributed by atoms with E-state index in [1.807, 2.05) is 0 Å². The van der Waals surface area contributed by atoms with Crippen LogP contribution in [0.3, 0.4) is 0 Å². The summed E-state index contributed by atoms with van der Waals surface area (Å²) in [5, 5.41) is 3.66. The topological polar surface area (TPSA) is 47.3 Å². The molecule has 1 fully saturated rings. The van der Waals surface area contributed by atoms with E-state index in [1.54, 1.807) is 6.07 Å². The highest BCUT2D eigenvalue weighted by Gasteiger charge is 2.22. The summed E-state index contributed by atoms with van der Waals surface area (Å²) in [5.41, 5.74) is 6.39. The van der Waals surface area contributed by atoms with Crippen molar-refractivity contribution in [1.82, 2.24) is 0 Å². The van der Waals surface area contributed by atoms with E-state index in [4.69, 9.17) is 17.3 Å². The van der Waals surface area contributed by atoms with E-state index in [-0.39, 0.29) is 17.8 Å². The van der Waals surface area contributed by atoms with Crippen LogP contribution in [0.4, 0.5) is 14.5 Å². The summed E-state index contributed by atoms with van der Waals surface area (Å²) in [7, 11) is 0. The number of hydrogen-bond donors (Lipinski definition) is 2. The Kier molecular flexibility index (Phi) is 5.46. The van der Waals surface area contributed by atoms with E-state index in [1.165, 1.54) is 6.07 Å². The first-order valence-corrected chi connectivity index (χ1v) is 7.58. The Hall–Kier alpha value is -0.590. The Morgan fingerprint density at radius 2 is 2.15 bits per heavy atom. The molecule has 0 heterocycles. The van der Waals surface area contributed by atoms with Gasteiger partial charge in [-0.1, -0.05) is 11.6 Å². The molecule has 0 aliphatic heterocycles. The highest BCUT2D eigenvalue weighted by atomic mass is 79.9. The van der Waals surface area contributed by atoms with E-state index in [2.05, 4.69) is 26.0 Å². The number of nitrogens with one attached hydrogen (secondary N) is 1. The van der Waals surface area contributed by atoms with E-state index in [0.29, 0.717) is 15.2 Å². The summed E-state index contributed by atoms with van der Waals surface area (Å²) in [6.45, 7) is -2.89. The highest BCUT2D eigenvalue weighted by molar-refractivity contribution is 9.10. The summed E-state index contributed by atoms with van der Waals surface area (Å²) in [4.78, 5) is 0. The normalized spacial score (nSPS) is 22.9. The third-order valence-corrected chi connectivity index (χ3v) is 4.10. The first kappa shape index (κ1) is 15.8. The molecule has 1 aliphatic rings. The molecule has 1 aliphatic carbocycles. The van der Waals surface area contributed by atoms with Crippen LogP contribution in [0.2, 0.25) is 5.02 Å². The molecule has 3 N–H and O–H groups in total. The second kappa shape index (κ2) is 6.91. The van der Waals surface area contributed by atoms with E-state index < -0.39 is 6.61 Å². The van der Waals surface area contributed by atoms with Gasteiger partial charge in [0, 0.05) is 17.1 Å². The van der Waals surface area contributed by atoms with Crippen LogP contribution < -0.4 is 15.8 Å². The monoisotopic (exact) mass is 368 g/mol. The Bertz CT molecular complexity index is 476. The maximum Gasteiger partial charge on any atom is 0.387 e. The van der Waals surface area contributed by atoms with Gasteiger partial charge in [0.05, 0.1) is 10.2 Å². The fourth-order valence-electron chi connectivity index (χ4n) is 2.46. The Morgan fingerprint density at radius 3 is 2.80 bits per heavy atom. The molecule has 0 amide bonds. The zero-order valence-electron chi connectivity index (χ0n) is 10.7. The lowest BCUT2D eigenvalue weighted by Crippen LogP contribution is -2.35. The maximum atomic E-state index is 12.5. The van der Waals surface area contributed by atoms with Gasteiger partial charge in [0.1, 0.15) is 0 Å². The number of rotatable bonds is 4. The number of nitrogens with two attached hydrogens (primary N) is 1. The second-order valence-electron chi connectivity index (χ2n) is 4.91. The van der Waals surface area contributed by atoms with Crippen molar-refractivity contribution in [2.45, 2.75) is 44.4 Å². The molecule has 0 spiro atoms. The standard InChI is InChI=1S/C13H16BrClF2N2O/c14-10-4-7(15)5-11(12(10)20-13(16)17)19-9-3-1-2-8(18)6-9/h4-5,8-9,13,19H,1-3,6,18H2. The molecular formula is C13H16BrClF2N2O. The lowest BCUT2D eigenvalue weighted by atomic mass is 9.91. The minimum Gasteiger partial charge on any atom is -0.431 e. The van der Waals surface area contributed by atoms with Crippen LogP contribution in [-0.4, -0.2) is 18.7 Å². The zero-order valence-corrected chi connectivity index (χ0v) is 13.1. The van der Waals surface area contributed by atoms with Crippen LogP contribution in [0.25, 0.3) is 0 Å². The third kappa shape index (κ3) is 4.20. The van der Waals surface area contributed by atoms with Gasteiger partial charge in [-0.15, -0.1) is 0 Å². The quantitative estimate of drug-likeness (QED) is 0.827. The smallest absolute Gasteiger partial charge is 0.387 e. The van der Waals surface area contributed by atoms with Gasteiger partial charge >= 0.3 is 6.61 Å². The van der Waals surface area contributed by atoms with Crippen LogP contribution >= 0.6 is 27.5 Å². The third-order valence-electron chi connectivity index (χ3n) is 3.29. The molecular weight excluding hydrogens is 354 g/mol. The van der Waals surface area contributed by atoms with Gasteiger partial charge in [0.25, 0.3) is 0 Å². The SMILES string of the molecule is NC1CCCC(Nc2cc(Cl)cc(Br)c2OC(F)F)C1. The molecule has 112 valence electrons. The van der Waals surface area contributed by atoms with Crippen molar-refractivity contribution < 1.29 is 13.5 Å². The first-order chi connectivity index (χ1) is 9.45. The summed E-state index contributed by atoms with van der Waals surface area (Å²) in [6, 6.07) is 3.40. The summed E-state index contributed by atoms with van der Waals surface area (Å²) in [6.07, 6.45) is 3.77. The number of halogens is 4. The minimum atomic E-state index is -2.89. The van der Waals surface area contributed by atoms with E-state index in [0.717, 1.165) is 25.7 Å². The van der Waals surface area contributed by atoms with Crippen molar-refractivity contribution in [2.24, 2.45) is 5.73 Å². The molecule has 1 aromatic carbocycles. The van der Waals surface area contributed by atoms with Gasteiger partial charge in [0.2, 0.25) is 0 Å². The molecule has 0 radical (unpaired) electrons. The van der Waals surface area contributed by atoms with Gasteiger partial charge in [-0.25, -0.2) is 0 Å². The summed E-state index contributed by atoms with van der Waals surface area (Å²) >= 11 is 9.16. The Balaban J connectivity index is 2.20. The predicted octanol–water partition coefficient (Wildman–Crippen LogP) is 4.39. The molecule has 3 nitrogen and oxygen atoms in total. The van der Waals surface area contributed by atoms with Crippen LogP contribution in [0.1, 0.15) is 25.7 Å². The fourth-order valence-corrected chi connectivity index (χ4v) is 3.36. The minimum absolute atomic E-state index is 0.0727. The maximum absolute atomic E-state index is 12.5. The number of benzene rings is 1. The molecule has 1 aromatic rings. The van der Waals surface area contributed by atoms with Crippen molar-refractivity contribution in [3.63, 3.8) is 0 Å². The first-order valence-electron chi connectivity index (χ1n) is 6.41. The van der Waals surface area contributed by atoms with Gasteiger partial charge < -0.3 is 15.8 Å². The van der Waals surface area contributed by atoms with Gasteiger partial charge in [-0.3, -0.25) is 0 Å². The molecule has 0 aromatic heterocycles. The fraction of sp³-hybridized carbons (Fsp3) is 0.538. The largest absolute Gasteiger partial charge is 0.431 e. The Morgan fingerprint density at radius 1 is 1.40 bits per heavy atom. The van der Waals surface area contributed by atoms with Crippen molar-refractivity contribution in [2.75, 3.05) is 5.32 Å². The van der Waals surface area contributed by atoms with Gasteiger partial charge in [-0.2, -0.15) is 8.78 Å². The van der Waals surface area contributed by atoms with Gasteiger partial charge in [0.15, 0.2) is 5.75 Å². The highest BCUT2D eigenvalue weighted by Crippen LogP contribution is 2.38. The van der Waals surface area contributed by atoms with Gasteiger partial charge in [-0.05, 0) is 53.7 Å². The number of hydrogen-bond acceptors (Lipinski definition) is 3. The van der Waals surface area contributed by atoms with Crippen LogP contribution in [0.15, 0.2) is 16.6 Å². The Labute approximate surface area is 129 Å². The lowest BCUT2D eigenvalue weighted by Gasteiger charge is -2.29.